The van der Waals surface area contributed by atoms with E-state index in [9.17, 15) is 0 Å². The first-order valence-electron chi connectivity index (χ1n) is 9.84. The van der Waals surface area contributed by atoms with Crippen molar-refractivity contribution in [3.05, 3.63) is 58.3 Å². The van der Waals surface area contributed by atoms with Crippen molar-refractivity contribution < 1.29 is 0 Å². The third kappa shape index (κ3) is 5.61. The summed E-state index contributed by atoms with van der Waals surface area (Å²) in [5.74, 6) is 0.936. The Morgan fingerprint density at radius 1 is 1.36 bits per heavy atom. The van der Waals surface area contributed by atoms with Crippen LogP contribution in [0, 0.1) is 5.92 Å². The first-order valence-corrected chi connectivity index (χ1v) is 9.84. The first-order chi connectivity index (χ1) is 12.3. The number of allylic oxidation sites excluding steroid dienone is 5. The van der Waals surface area contributed by atoms with Gasteiger partial charge in [-0.25, -0.2) is 0 Å². The molecule has 3 rings (SSSR count). The predicted molar refractivity (Wildman–Crippen MR) is 109 cm³/mol. The molecule has 0 spiro atoms. The fourth-order valence-electron chi connectivity index (χ4n) is 3.46. The molecule has 1 fully saturated rings. The zero-order valence-electron chi connectivity index (χ0n) is 15.8. The summed E-state index contributed by atoms with van der Waals surface area (Å²) in [7, 11) is 0. The Morgan fingerprint density at radius 2 is 2.24 bits per heavy atom. The van der Waals surface area contributed by atoms with Crippen LogP contribution in [0.5, 0.6) is 0 Å². The minimum Gasteiger partial charge on any atom is -0.361 e. The molecule has 2 nitrogen and oxygen atoms in total. The van der Waals surface area contributed by atoms with Gasteiger partial charge in [0.1, 0.15) is 0 Å². The van der Waals surface area contributed by atoms with Crippen LogP contribution in [-0.4, -0.2) is 29.5 Å². The average molecular weight is 337 g/mol. The van der Waals surface area contributed by atoms with E-state index >= 15 is 0 Å². The van der Waals surface area contributed by atoms with Crippen LogP contribution >= 0.6 is 0 Å². The minimum atomic E-state index is 0.936. The molecule has 0 radical (unpaired) electrons. The second-order valence-corrected chi connectivity index (χ2v) is 7.45. The van der Waals surface area contributed by atoms with Crippen molar-refractivity contribution in [1.82, 2.24) is 9.88 Å². The number of H-pyrrole nitrogens is 1. The third-order valence-corrected chi connectivity index (χ3v) is 5.03. The van der Waals surface area contributed by atoms with Gasteiger partial charge in [0.25, 0.3) is 0 Å². The molecule has 0 aliphatic heterocycles. The molecule has 1 heterocycles. The molecule has 0 amide bonds. The molecule has 1 N–H and O–H groups in total. The van der Waals surface area contributed by atoms with Crippen LogP contribution in [0.3, 0.4) is 0 Å². The van der Waals surface area contributed by atoms with Gasteiger partial charge in [-0.3, -0.25) is 4.90 Å². The van der Waals surface area contributed by atoms with Crippen molar-refractivity contribution in [1.29, 1.82) is 0 Å². The number of aromatic nitrogens is 1. The second-order valence-electron chi connectivity index (χ2n) is 7.45. The molecule has 2 aliphatic carbocycles. The summed E-state index contributed by atoms with van der Waals surface area (Å²) in [6.45, 7) is 7.94. The highest BCUT2D eigenvalue weighted by Gasteiger charge is 2.24. The summed E-state index contributed by atoms with van der Waals surface area (Å²) in [4.78, 5) is 6.10. The Labute approximate surface area is 152 Å². The normalized spacial score (nSPS) is 17.5. The summed E-state index contributed by atoms with van der Waals surface area (Å²) >= 11 is 0. The molecule has 1 aromatic heterocycles. The van der Waals surface area contributed by atoms with Crippen molar-refractivity contribution in [3.63, 3.8) is 0 Å². The Balaban J connectivity index is 1.63. The molecule has 2 heteroatoms. The summed E-state index contributed by atoms with van der Waals surface area (Å²) in [6, 6.07) is 0. The van der Waals surface area contributed by atoms with Crippen LogP contribution in [0.1, 0.15) is 45.1 Å². The highest BCUT2D eigenvalue weighted by molar-refractivity contribution is 5.44. The van der Waals surface area contributed by atoms with Gasteiger partial charge in [-0.15, -0.1) is 0 Å². The van der Waals surface area contributed by atoms with E-state index in [1.165, 1.54) is 41.1 Å². The third-order valence-electron chi connectivity index (χ3n) is 5.03. The smallest absolute Gasteiger partial charge is 0.0453 e. The standard InChI is InChI=1S/C23H32N2/c1-3-4-6-9-19(2)17-25(18-20-12-13-20)15-14-21-16-24-23-11-8-5-7-10-22(21)23/h4-6,8-11,16,20,24H,3,7,12-15,17-18H2,1-2H3/b6-4-,19-9+. The maximum absolute atomic E-state index is 3.44. The van der Waals surface area contributed by atoms with Crippen LogP contribution in [0.4, 0.5) is 0 Å². The Kier molecular flexibility index (Phi) is 6.52. The van der Waals surface area contributed by atoms with Gasteiger partial charge in [0, 0.05) is 31.2 Å². The molecule has 0 atom stereocenters. The number of nitrogens with one attached hydrogen (secondary N) is 1. The fourth-order valence-corrected chi connectivity index (χ4v) is 3.46. The van der Waals surface area contributed by atoms with Crippen LogP contribution in [-0.2, 0) is 6.42 Å². The van der Waals surface area contributed by atoms with E-state index in [2.05, 4.69) is 72.5 Å². The highest BCUT2D eigenvalue weighted by Crippen LogP contribution is 2.29. The monoisotopic (exact) mass is 336 g/mol. The van der Waals surface area contributed by atoms with Gasteiger partial charge in [0.05, 0.1) is 0 Å². The van der Waals surface area contributed by atoms with Crippen LogP contribution in [0.25, 0.3) is 12.2 Å². The lowest BCUT2D eigenvalue weighted by Crippen LogP contribution is -2.32. The molecule has 25 heavy (non-hydrogen) atoms. The second kappa shape index (κ2) is 9.05. The summed E-state index contributed by atoms with van der Waals surface area (Å²) in [5, 5.41) is 2.67. The Hall–Kier alpha value is -1.80. The molecule has 134 valence electrons. The number of hydrogen-bond acceptors (Lipinski definition) is 1. The van der Waals surface area contributed by atoms with Gasteiger partial charge >= 0.3 is 0 Å². The van der Waals surface area contributed by atoms with Gasteiger partial charge in [-0.05, 0) is 61.8 Å². The van der Waals surface area contributed by atoms with Crippen molar-refractivity contribution in [2.24, 2.45) is 5.92 Å². The molecular weight excluding hydrogens is 304 g/mol. The van der Waals surface area contributed by atoms with Gasteiger partial charge < -0.3 is 4.98 Å². The lowest BCUT2D eigenvalue weighted by Gasteiger charge is -2.22. The number of hydrogen-bond donors (Lipinski definition) is 1. The molecule has 1 saturated carbocycles. The maximum atomic E-state index is 3.44. The number of nitrogens with zero attached hydrogens (tertiary/aromatic N) is 1. The van der Waals surface area contributed by atoms with Gasteiger partial charge in [-0.2, -0.15) is 0 Å². The molecular formula is C23H32N2. The van der Waals surface area contributed by atoms with Crippen LogP contribution < -0.4 is 10.6 Å². The summed E-state index contributed by atoms with van der Waals surface area (Å²) in [5.41, 5.74) is 2.92. The lowest BCUT2D eigenvalue weighted by molar-refractivity contribution is 0.287. The SMILES string of the molecule is CC/C=C\C=C(/C)CN(CCc1c[nH]c2c1=CCC=CC=2)CC1CC1. The van der Waals surface area contributed by atoms with E-state index in [-0.39, 0.29) is 0 Å². The minimum absolute atomic E-state index is 0.936. The highest BCUT2D eigenvalue weighted by atomic mass is 15.1. The Bertz CT molecular complexity index is 757. The van der Waals surface area contributed by atoms with Gasteiger partial charge in [0.15, 0.2) is 0 Å². The average Bonchev–Trinajstić information content (AvgIpc) is 3.38. The van der Waals surface area contributed by atoms with Crippen molar-refractivity contribution in [2.75, 3.05) is 19.6 Å². The van der Waals surface area contributed by atoms with Gasteiger partial charge in [-0.1, -0.05) is 49.0 Å². The van der Waals surface area contributed by atoms with E-state index in [0.717, 1.165) is 38.3 Å². The quantitative estimate of drug-likeness (QED) is 0.681. The molecule has 0 unspecified atom stereocenters. The molecule has 0 aromatic carbocycles. The number of rotatable bonds is 9. The first kappa shape index (κ1) is 18.0. The zero-order chi connectivity index (χ0) is 17.5. The largest absolute Gasteiger partial charge is 0.361 e. The zero-order valence-corrected chi connectivity index (χ0v) is 15.8. The number of fused-ring (bicyclic) bond motifs is 1. The van der Waals surface area contributed by atoms with Gasteiger partial charge in [0.2, 0.25) is 0 Å². The topological polar surface area (TPSA) is 19.0 Å². The Morgan fingerprint density at radius 3 is 3.04 bits per heavy atom. The maximum Gasteiger partial charge on any atom is 0.0453 e. The summed E-state index contributed by atoms with van der Waals surface area (Å²) in [6.07, 6.45) is 23.9. The van der Waals surface area contributed by atoms with E-state index in [4.69, 9.17) is 0 Å². The van der Waals surface area contributed by atoms with E-state index in [0.29, 0.717) is 0 Å². The molecule has 0 bridgehead atoms. The fraction of sp³-hybridized carbons (Fsp3) is 0.478. The molecule has 1 aromatic rings. The molecule has 2 aliphatic rings. The number of aromatic amines is 1. The summed E-state index contributed by atoms with van der Waals surface area (Å²) < 4.78 is 0. The van der Waals surface area contributed by atoms with Crippen molar-refractivity contribution in [2.45, 2.75) is 46.0 Å². The van der Waals surface area contributed by atoms with Crippen molar-refractivity contribution >= 4 is 12.2 Å². The van der Waals surface area contributed by atoms with Crippen molar-refractivity contribution in [3.8, 4) is 0 Å². The molecule has 0 saturated heterocycles. The lowest BCUT2D eigenvalue weighted by atomic mass is 10.1. The van der Waals surface area contributed by atoms with Crippen LogP contribution in [0.2, 0.25) is 0 Å². The van der Waals surface area contributed by atoms with E-state index < -0.39 is 0 Å². The van der Waals surface area contributed by atoms with E-state index in [1.807, 2.05) is 0 Å². The predicted octanol–water partition coefficient (Wildman–Crippen LogP) is 3.70. The van der Waals surface area contributed by atoms with Crippen LogP contribution in [0.15, 0.2) is 42.2 Å². The van der Waals surface area contributed by atoms with E-state index in [1.54, 1.807) is 0 Å².